The molecule has 1 N–H and O–H groups in total. The average molecular weight is 416 g/mol. The quantitative estimate of drug-likeness (QED) is 0.705. The summed E-state index contributed by atoms with van der Waals surface area (Å²) in [7, 11) is 2.73. The van der Waals surface area contributed by atoms with E-state index in [1.54, 1.807) is 0 Å². The van der Waals surface area contributed by atoms with Crippen molar-refractivity contribution in [2.75, 3.05) is 5.32 Å². The molecule has 0 spiro atoms. The predicted octanol–water partition coefficient (Wildman–Crippen LogP) is 1.74. The molecule has 0 aliphatic carbocycles. The Balaban J connectivity index is 1.88. The number of fused-ring (bicyclic) bond motifs is 1. The molecule has 2 heterocycles. The Hall–Kier alpha value is -3.08. The molecule has 0 atom stereocenters. The predicted molar refractivity (Wildman–Crippen MR) is 95.3 cm³/mol. The van der Waals surface area contributed by atoms with Gasteiger partial charge < -0.3 is 9.88 Å². The summed E-state index contributed by atoms with van der Waals surface area (Å²) in [5.41, 5.74) is -1.99. The average Bonchev–Trinajstić information content (AvgIpc) is 3.00. The van der Waals surface area contributed by atoms with E-state index in [1.807, 2.05) is 0 Å². The van der Waals surface area contributed by atoms with Gasteiger partial charge in [-0.1, -0.05) is 11.6 Å². The largest absolute Gasteiger partial charge is 0.417 e. The first kappa shape index (κ1) is 19.7. The van der Waals surface area contributed by atoms with Crippen LogP contribution in [-0.4, -0.2) is 24.6 Å². The number of rotatable bonds is 3. The van der Waals surface area contributed by atoms with Gasteiger partial charge in [-0.3, -0.25) is 18.7 Å². The zero-order chi connectivity index (χ0) is 20.8. The van der Waals surface area contributed by atoms with Crippen LogP contribution in [0.2, 0.25) is 5.02 Å². The number of hydrogen-bond acceptors (Lipinski definition) is 4. The van der Waals surface area contributed by atoms with Crippen molar-refractivity contribution < 1.29 is 18.0 Å². The fraction of sp³-hybridized carbons (Fsp3) is 0.250. The molecule has 1 amide bonds. The van der Waals surface area contributed by atoms with Gasteiger partial charge in [0.1, 0.15) is 6.54 Å². The number of alkyl halides is 3. The van der Waals surface area contributed by atoms with Gasteiger partial charge in [-0.15, -0.1) is 0 Å². The second kappa shape index (κ2) is 6.82. The normalized spacial score (nSPS) is 11.8. The third kappa shape index (κ3) is 3.40. The molecule has 12 heteroatoms. The molecular weight excluding hydrogens is 403 g/mol. The van der Waals surface area contributed by atoms with Gasteiger partial charge in [-0.05, 0) is 18.2 Å². The van der Waals surface area contributed by atoms with Crippen LogP contribution in [-0.2, 0) is 31.6 Å². The van der Waals surface area contributed by atoms with E-state index in [2.05, 4.69) is 10.3 Å². The highest BCUT2D eigenvalue weighted by molar-refractivity contribution is 6.31. The first-order valence-electron chi connectivity index (χ1n) is 7.78. The number of halogens is 4. The maximum atomic E-state index is 12.7. The summed E-state index contributed by atoms with van der Waals surface area (Å²) in [6.45, 7) is -0.345. The van der Waals surface area contributed by atoms with Crippen molar-refractivity contribution in [3.63, 3.8) is 0 Å². The third-order valence-corrected chi connectivity index (χ3v) is 4.40. The lowest BCUT2D eigenvalue weighted by atomic mass is 10.2. The molecule has 3 aromatic rings. The van der Waals surface area contributed by atoms with Crippen LogP contribution in [0, 0.1) is 0 Å². The molecule has 2 aromatic heterocycles. The zero-order valence-electron chi connectivity index (χ0n) is 14.5. The molecule has 0 bridgehead atoms. The molecule has 0 fully saturated rings. The molecule has 28 heavy (non-hydrogen) atoms. The van der Waals surface area contributed by atoms with Crippen molar-refractivity contribution in [3.05, 3.63) is 56.0 Å². The van der Waals surface area contributed by atoms with Crippen molar-refractivity contribution in [2.24, 2.45) is 14.1 Å². The van der Waals surface area contributed by atoms with Crippen LogP contribution in [0.3, 0.4) is 0 Å². The summed E-state index contributed by atoms with van der Waals surface area (Å²) in [4.78, 5) is 40.5. The second-order valence-electron chi connectivity index (χ2n) is 5.99. The van der Waals surface area contributed by atoms with Gasteiger partial charge in [-0.2, -0.15) is 13.2 Å². The van der Waals surface area contributed by atoms with E-state index in [0.717, 1.165) is 22.8 Å². The Morgan fingerprint density at radius 1 is 1.21 bits per heavy atom. The summed E-state index contributed by atoms with van der Waals surface area (Å²) in [5, 5.41) is 1.85. The number of aromatic nitrogens is 4. The van der Waals surface area contributed by atoms with Crippen LogP contribution < -0.4 is 16.6 Å². The minimum absolute atomic E-state index is 0.0465. The highest BCUT2D eigenvalue weighted by atomic mass is 35.5. The van der Waals surface area contributed by atoms with E-state index in [4.69, 9.17) is 11.6 Å². The number of carbonyl (C=O) groups excluding carboxylic acids is 1. The number of nitrogens with zero attached hydrogens (tertiary/aromatic N) is 4. The van der Waals surface area contributed by atoms with Crippen LogP contribution in [0.1, 0.15) is 5.56 Å². The van der Waals surface area contributed by atoms with Gasteiger partial charge in [-0.25, -0.2) is 9.78 Å². The van der Waals surface area contributed by atoms with E-state index in [1.165, 1.54) is 29.6 Å². The number of amides is 1. The molecule has 148 valence electrons. The van der Waals surface area contributed by atoms with Crippen molar-refractivity contribution in [2.45, 2.75) is 12.7 Å². The monoisotopic (exact) mass is 415 g/mol. The highest BCUT2D eigenvalue weighted by Crippen LogP contribution is 2.35. The smallest absolute Gasteiger partial charge is 0.324 e. The van der Waals surface area contributed by atoms with Crippen LogP contribution >= 0.6 is 11.6 Å². The topological polar surface area (TPSA) is 90.9 Å². The number of hydrogen-bond donors (Lipinski definition) is 1. The minimum atomic E-state index is -4.61. The van der Waals surface area contributed by atoms with Crippen LogP contribution in [0.5, 0.6) is 0 Å². The summed E-state index contributed by atoms with van der Waals surface area (Å²) < 4.78 is 41.5. The fourth-order valence-corrected chi connectivity index (χ4v) is 2.98. The lowest BCUT2D eigenvalue weighted by Gasteiger charge is -2.11. The Bertz CT molecular complexity index is 1210. The minimum Gasteiger partial charge on any atom is -0.324 e. The molecular formula is C16H13ClF3N5O3. The number of anilines is 1. The molecule has 0 unspecified atom stereocenters. The van der Waals surface area contributed by atoms with Crippen LogP contribution in [0.25, 0.3) is 11.2 Å². The summed E-state index contributed by atoms with van der Waals surface area (Å²) >= 11 is 5.63. The molecule has 0 saturated carbocycles. The Labute approximate surface area is 159 Å². The zero-order valence-corrected chi connectivity index (χ0v) is 15.3. The Kier molecular flexibility index (Phi) is 4.79. The molecule has 0 aliphatic rings. The number of nitrogens with one attached hydrogen (secondary N) is 1. The van der Waals surface area contributed by atoms with Crippen molar-refractivity contribution in [1.29, 1.82) is 0 Å². The van der Waals surface area contributed by atoms with E-state index in [9.17, 15) is 27.6 Å². The van der Waals surface area contributed by atoms with Gasteiger partial charge in [0, 0.05) is 19.8 Å². The van der Waals surface area contributed by atoms with Crippen molar-refractivity contribution in [1.82, 2.24) is 18.7 Å². The maximum absolute atomic E-state index is 12.7. The van der Waals surface area contributed by atoms with Crippen molar-refractivity contribution in [3.8, 4) is 0 Å². The molecule has 3 rings (SSSR count). The summed E-state index contributed by atoms with van der Waals surface area (Å²) in [5.74, 6) is -0.619. The summed E-state index contributed by atoms with van der Waals surface area (Å²) in [6, 6.07) is 2.81. The Morgan fingerprint density at radius 2 is 1.89 bits per heavy atom. The number of aryl methyl sites for hydroxylation is 1. The summed E-state index contributed by atoms with van der Waals surface area (Å²) in [6.07, 6.45) is -3.38. The van der Waals surface area contributed by atoms with Gasteiger partial charge in [0.25, 0.3) is 5.56 Å². The van der Waals surface area contributed by atoms with Gasteiger partial charge in [0.2, 0.25) is 5.91 Å². The molecule has 1 aromatic carbocycles. The van der Waals surface area contributed by atoms with Gasteiger partial charge in [0.15, 0.2) is 11.2 Å². The fourth-order valence-electron chi connectivity index (χ4n) is 2.69. The van der Waals surface area contributed by atoms with E-state index < -0.39 is 33.9 Å². The van der Waals surface area contributed by atoms with Gasteiger partial charge in [0.05, 0.1) is 16.9 Å². The van der Waals surface area contributed by atoms with E-state index in [-0.39, 0.29) is 23.4 Å². The standard InChI is InChI=1S/C16H13ClF3N5O3/c1-23-13-12(14(27)24(2)15(23)28)25(7-21-13)6-11(26)22-8-3-4-9(10(17)5-8)16(18,19)20/h3-5,7H,6H2,1-2H3,(H,22,26). The lowest BCUT2D eigenvalue weighted by Crippen LogP contribution is -2.37. The maximum Gasteiger partial charge on any atom is 0.417 e. The van der Waals surface area contributed by atoms with Gasteiger partial charge >= 0.3 is 11.9 Å². The lowest BCUT2D eigenvalue weighted by molar-refractivity contribution is -0.137. The SMILES string of the molecule is Cn1c(=O)c2c(ncn2CC(=O)Nc2ccc(C(F)(F)F)c(Cl)c2)n(C)c1=O. The third-order valence-electron chi connectivity index (χ3n) is 4.09. The Morgan fingerprint density at radius 3 is 2.50 bits per heavy atom. The number of imidazole rings is 1. The molecule has 0 saturated heterocycles. The molecule has 8 nitrogen and oxygen atoms in total. The van der Waals surface area contributed by atoms with E-state index in [0.29, 0.717) is 0 Å². The molecule has 0 radical (unpaired) electrons. The van der Waals surface area contributed by atoms with Crippen LogP contribution in [0.4, 0.5) is 18.9 Å². The first-order valence-corrected chi connectivity index (χ1v) is 8.16. The van der Waals surface area contributed by atoms with Crippen LogP contribution in [0.15, 0.2) is 34.1 Å². The number of benzene rings is 1. The molecule has 0 aliphatic heterocycles. The highest BCUT2D eigenvalue weighted by Gasteiger charge is 2.33. The van der Waals surface area contributed by atoms with Crippen molar-refractivity contribution >= 4 is 34.4 Å². The second-order valence-corrected chi connectivity index (χ2v) is 6.40. The number of carbonyl (C=O) groups is 1. The van der Waals surface area contributed by atoms with E-state index >= 15 is 0 Å². The first-order chi connectivity index (χ1) is 13.0.